The van der Waals surface area contributed by atoms with Gasteiger partial charge in [0.15, 0.2) is 0 Å². The quantitative estimate of drug-likeness (QED) is 0.775. The molecule has 128 valence electrons. The Bertz CT molecular complexity index is 902. The van der Waals surface area contributed by atoms with Gasteiger partial charge in [-0.15, -0.1) is 0 Å². The Morgan fingerprint density at radius 1 is 1.12 bits per heavy atom. The molecule has 4 bridgehead atoms. The Morgan fingerprint density at radius 2 is 2.00 bits per heavy atom. The zero-order valence-electron chi connectivity index (χ0n) is 14.0. The largest absolute Gasteiger partial charge is 0.466 e. The summed E-state index contributed by atoms with van der Waals surface area (Å²) in [5.74, 6) is 2.32. The summed E-state index contributed by atoms with van der Waals surface area (Å²) in [6, 6.07) is 8.63. The summed E-state index contributed by atoms with van der Waals surface area (Å²) < 4.78 is 6.44. The van der Waals surface area contributed by atoms with Crippen LogP contribution in [0.3, 0.4) is 0 Å². The van der Waals surface area contributed by atoms with E-state index in [1.165, 1.54) is 53.8 Å². The SMILES string of the molecule is c1cc2ccc(-c3cnc(OC4[C@H]5CC6C[C@H]4CN(C6)C5)s3)cc2[nH]1. The summed E-state index contributed by atoms with van der Waals surface area (Å²) >= 11 is 1.68. The molecule has 1 aromatic carbocycles. The highest BCUT2D eigenvalue weighted by Gasteiger charge is 2.48. The molecule has 2 atom stereocenters. The lowest BCUT2D eigenvalue weighted by atomic mass is 9.66. The van der Waals surface area contributed by atoms with Crippen molar-refractivity contribution in [2.75, 3.05) is 19.6 Å². The minimum atomic E-state index is 0.373. The van der Waals surface area contributed by atoms with Crippen LogP contribution in [0.5, 0.6) is 5.19 Å². The molecule has 3 aliphatic heterocycles. The highest BCUT2D eigenvalue weighted by Crippen LogP contribution is 2.45. The Kier molecular flexibility index (Phi) is 3.05. The first kappa shape index (κ1) is 14.3. The Hall–Kier alpha value is -1.85. The van der Waals surface area contributed by atoms with Gasteiger partial charge in [-0.05, 0) is 41.8 Å². The molecule has 0 radical (unpaired) electrons. The molecule has 25 heavy (non-hydrogen) atoms. The average Bonchev–Trinajstić information content (AvgIpc) is 3.26. The molecule has 4 aliphatic rings. The summed E-state index contributed by atoms with van der Waals surface area (Å²) in [4.78, 5) is 11.7. The number of hydrogen-bond acceptors (Lipinski definition) is 4. The molecule has 7 rings (SSSR count). The number of nitrogens with one attached hydrogen (secondary N) is 1. The molecule has 3 aromatic rings. The molecule has 1 aliphatic carbocycles. The van der Waals surface area contributed by atoms with Gasteiger partial charge in [-0.3, -0.25) is 0 Å². The summed E-state index contributed by atoms with van der Waals surface area (Å²) in [5.41, 5.74) is 2.38. The van der Waals surface area contributed by atoms with Crippen LogP contribution in [0.1, 0.15) is 12.8 Å². The second-order valence-corrected chi connectivity index (χ2v) is 8.92. The number of aromatic amines is 1. The van der Waals surface area contributed by atoms with E-state index in [0.29, 0.717) is 17.9 Å². The first-order valence-corrected chi connectivity index (χ1v) is 10.1. The van der Waals surface area contributed by atoms with Crippen LogP contribution in [-0.2, 0) is 0 Å². The zero-order chi connectivity index (χ0) is 16.4. The van der Waals surface area contributed by atoms with Crippen molar-refractivity contribution < 1.29 is 4.74 Å². The minimum Gasteiger partial charge on any atom is -0.466 e. The summed E-state index contributed by atoms with van der Waals surface area (Å²) in [5, 5.41) is 2.09. The Balaban J connectivity index is 1.25. The van der Waals surface area contributed by atoms with Crippen molar-refractivity contribution in [2.24, 2.45) is 17.8 Å². The summed E-state index contributed by atoms with van der Waals surface area (Å²) in [6.45, 7) is 3.77. The lowest BCUT2D eigenvalue weighted by Crippen LogP contribution is -2.61. The van der Waals surface area contributed by atoms with E-state index in [1.807, 2.05) is 12.4 Å². The van der Waals surface area contributed by atoms with Crippen molar-refractivity contribution >= 4 is 22.2 Å². The smallest absolute Gasteiger partial charge is 0.273 e. The molecule has 5 heterocycles. The van der Waals surface area contributed by atoms with Crippen LogP contribution in [-0.4, -0.2) is 40.6 Å². The third-order valence-electron chi connectivity index (χ3n) is 6.26. The summed E-state index contributed by atoms with van der Waals surface area (Å²) in [6.07, 6.45) is 7.01. The van der Waals surface area contributed by atoms with Crippen LogP contribution < -0.4 is 4.74 Å². The van der Waals surface area contributed by atoms with Gasteiger partial charge in [0.05, 0.1) is 4.88 Å². The van der Waals surface area contributed by atoms with E-state index in [0.717, 1.165) is 11.1 Å². The first-order chi connectivity index (χ1) is 12.3. The molecule has 4 fully saturated rings. The van der Waals surface area contributed by atoms with Gasteiger partial charge in [0, 0.05) is 49.4 Å². The number of benzene rings is 1. The number of thiazole rings is 1. The summed E-state index contributed by atoms with van der Waals surface area (Å²) in [7, 11) is 0. The number of fused-ring (bicyclic) bond motifs is 1. The molecule has 2 aromatic heterocycles. The van der Waals surface area contributed by atoms with E-state index in [9.17, 15) is 0 Å². The van der Waals surface area contributed by atoms with Crippen LogP contribution in [0.2, 0.25) is 0 Å². The van der Waals surface area contributed by atoms with Gasteiger partial charge in [-0.2, -0.15) is 0 Å². The van der Waals surface area contributed by atoms with Gasteiger partial charge in [0.25, 0.3) is 5.19 Å². The molecule has 0 unspecified atom stereocenters. The highest BCUT2D eigenvalue weighted by atomic mass is 32.1. The minimum absolute atomic E-state index is 0.373. The normalized spacial score (nSPS) is 33.2. The molecule has 0 amide bonds. The van der Waals surface area contributed by atoms with E-state index in [4.69, 9.17) is 4.74 Å². The number of piperidine rings is 3. The monoisotopic (exact) mass is 351 g/mol. The predicted octanol–water partition coefficient (Wildman–Crippen LogP) is 4.01. The number of ether oxygens (including phenoxy) is 1. The van der Waals surface area contributed by atoms with Gasteiger partial charge in [0.2, 0.25) is 0 Å². The van der Waals surface area contributed by atoms with Gasteiger partial charge < -0.3 is 14.6 Å². The predicted molar refractivity (Wildman–Crippen MR) is 100.0 cm³/mol. The van der Waals surface area contributed by atoms with Gasteiger partial charge in [-0.25, -0.2) is 4.98 Å². The van der Waals surface area contributed by atoms with Crippen LogP contribution in [0.15, 0.2) is 36.7 Å². The fourth-order valence-corrected chi connectivity index (χ4v) is 6.12. The van der Waals surface area contributed by atoms with E-state index in [1.54, 1.807) is 11.3 Å². The number of rotatable bonds is 3. The topological polar surface area (TPSA) is 41.1 Å². The van der Waals surface area contributed by atoms with Gasteiger partial charge in [-0.1, -0.05) is 23.5 Å². The molecular formula is C20H21N3OS. The molecule has 5 heteroatoms. The number of nitrogens with zero attached hydrogens (tertiary/aromatic N) is 2. The van der Waals surface area contributed by atoms with Crippen molar-refractivity contribution in [3.63, 3.8) is 0 Å². The molecule has 1 N–H and O–H groups in total. The number of H-pyrrole nitrogens is 1. The second-order valence-electron chi connectivity index (χ2n) is 7.93. The molecule has 4 nitrogen and oxygen atoms in total. The third kappa shape index (κ3) is 2.33. The van der Waals surface area contributed by atoms with E-state index in [-0.39, 0.29) is 0 Å². The molecule has 0 spiro atoms. The van der Waals surface area contributed by atoms with E-state index < -0.39 is 0 Å². The van der Waals surface area contributed by atoms with Crippen LogP contribution in [0, 0.1) is 17.8 Å². The number of aromatic nitrogens is 2. The highest BCUT2D eigenvalue weighted by molar-refractivity contribution is 7.16. The van der Waals surface area contributed by atoms with Gasteiger partial charge >= 0.3 is 0 Å². The van der Waals surface area contributed by atoms with Gasteiger partial charge in [0.1, 0.15) is 6.10 Å². The van der Waals surface area contributed by atoms with Crippen molar-refractivity contribution in [1.82, 2.24) is 14.9 Å². The Labute approximate surface area is 150 Å². The molecule has 3 saturated heterocycles. The number of hydrogen-bond donors (Lipinski definition) is 1. The lowest BCUT2D eigenvalue weighted by molar-refractivity contribution is -0.0985. The molecular weight excluding hydrogens is 330 g/mol. The maximum atomic E-state index is 6.44. The second kappa shape index (κ2) is 5.32. The lowest BCUT2D eigenvalue weighted by Gasteiger charge is -2.55. The standard InChI is InChI=1S/C20H21N3OS/c1-2-14(7-17-13(1)3-4-21-17)18-8-22-20(25-18)24-19-15-5-12-6-16(19)11-23(9-12)10-15/h1-4,7-8,12,15-16,19,21H,5-6,9-11H2/t12?,15-,16-,19?/m0/s1. The van der Waals surface area contributed by atoms with Crippen LogP contribution in [0.25, 0.3) is 21.3 Å². The maximum absolute atomic E-state index is 6.44. The third-order valence-corrected chi connectivity index (χ3v) is 7.20. The van der Waals surface area contributed by atoms with Crippen molar-refractivity contribution in [3.05, 3.63) is 36.7 Å². The fraction of sp³-hybridized carbons (Fsp3) is 0.450. The fourth-order valence-electron chi connectivity index (χ4n) is 5.32. The van der Waals surface area contributed by atoms with E-state index in [2.05, 4.69) is 39.1 Å². The van der Waals surface area contributed by atoms with Crippen molar-refractivity contribution in [3.8, 4) is 15.6 Å². The zero-order valence-corrected chi connectivity index (χ0v) is 14.8. The average molecular weight is 351 g/mol. The van der Waals surface area contributed by atoms with Crippen LogP contribution >= 0.6 is 11.3 Å². The first-order valence-electron chi connectivity index (χ1n) is 9.24. The maximum Gasteiger partial charge on any atom is 0.273 e. The van der Waals surface area contributed by atoms with E-state index >= 15 is 0 Å². The Morgan fingerprint density at radius 3 is 2.84 bits per heavy atom. The van der Waals surface area contributed by atoms with Crippen LogP contribution in [0.4, 0.5) is 0 Å². The molecule has 1 saturated carbocycles. The van der Waals surface area contributed by atoms with Crippen molar-refractivity contribution in [1.29, 1.82) is 0 Å². The van der Waals surface area contributed by atoms with Crippen molar-refractivity contribution in [2.45, 2.75) is 18.9 Å².